The Morgan fingerprint density at radius 2 is 2.09 bits per heavy atom. The van der Waals surface area contributed by atoms with Crippen LogP contribution < -0.4 is 20.5 Å². The SMILES string of the molecule is CCCCC(CN)NC(=O)CCc1cc(OC)ccc1OC. The number of aryl methyl sites for hydroxylation is 1. The molecule has 0 aliphatic carbocycles. The van der Waals surface area contributed by atoms with E-state index in [-0.39, 0.29) is 11.9 Å². The fraction of sp³-hybridized carbons (Fsp3) is 0.588. The minimum absolute atomic E-state index is 0.0245. The third kappa shape index (κ3) is 5.93. The number of ether oxygens (including phenoxy) is 2. The Labute approximate surface area is 133 Å². The number of nitrogens with two attached hydrogens (primary N) is 1. The zero-order valence-corrected chi connectivity index (χ0v) is 13.9. The van der Waals surface area contributed by atoms with Crippen LogP contribution in [0.25, 0.3) is 0 Å². The summed E-state index contributed by atoms with van der Waals surface area (Å²) in [6.07, 6.45) is 4.13. The van der Waals surface area contributed by atoms with Crippen molar-refractivity contribution in [3.63, 3.8) is 0 Å². The highest BCUT2D eigenvalue weighted by Crippen LogP contribution is 2.25. The molecular formula is C17H28N2O3. The molecule has 0 bridgehead atoms. The summed E-state index contributed by atoms with van der Waals surface area (Å²) < 4.78 is 10.5. The van der Waals surface area contributed by atoms with Crippen molar-refractivity contribution < 1.29 is 14.3 Å². The van der Waals surface area contributed by atoms with Gasteiger partial charge < -0.3 is 20.5 Å². The molecule has 1 unspecified atom stereocenters. The van der Waals surface area contributed by atoms with Gasteiger partial charge in [-0.15, -0.1) is 0 Å². The van der Waals surface area contributed by atoms with E-state index in [0.717, 1.165) is 36.3 Å². The maximum Gasteiger partial charge on any atom is 0.220 e. The Bertz CT molecular complexity index is 463. The lowest BCUT2D eigenvalue weighted by Crippen LogP contribution is -2.40. The molecule has 0 aliphatic heterocycles. The second-order valence-corrected chi connectivity index (χ2v) is 5.32. The molecule has 0 fully saturated rings. The van der Waals surface area contributed by atoms with E-state index in [4.69, 9.17) is 15.2 Å². The van der Waals surface area contributed by atoms with Gasteiger partial charge in [0.1, 0.15) is 11.5 Å². The van der Waals surface area contributed by atoms with Gasteiger partial charge in [0, 0.05) is 19.0 Å². The van der Waals surface area contributed by atoms with E-state index in [1.54, 1.807) is 14.2 Å². The molecule has 0 saturated heterocycles. The largest absolute Gasteiger partial charge is 0.497 e. The monoisotopic (exact) mass is 308 g/mol. The minimum atomic E-state index is 0.0245. The smallest absolute Gasteiger partial charge is 0.220 e. The molecule has 1 atom stereocenters. The van der Waals surface area contributed by atoms with E-state index in [1.807, 2.05) is 18.2 Å². The summed E-state index contributed by atoms with van der Waals surface area (Å²) in [5.74, 6) is 1.56. The molecule has 5 heteroatoms. The summed E-state index contributed by atoms with van der Waals surface area (Å²) in [5.41, 5.74) is 6.67. The third-order valence-corrected chi connectivity index (χ3v) is 3.66. The zero-order chi connectivity index (χ0) is 16.4. The predicted octanol–water partition coefficient (Wildman–Crippen LogP) is 2.27. The van der Waals surface area contributed by atoms with Crippen molar-refractivity contribution in [2.24, 2.45) is 5.73 Å². The molecular weight excluding hydrogens is 280 g/mol. The molecule has 1 rings (SSSR count). The summed E-state index contributed by atoms with van der Waals surface area (Å²) >= 11 is 0. The van der Waals surface area contributed by atoms with E-state index in [2.05, 4.69) is 12.2 Å². The lowest BCUT2D eigenvalue weighted by atomic mass is 10.1. The molecule has 0 saturated carbocycles. The second kappa shape index (κ2) is 10.1. The number of methoxy groups -OCH3 is 2. The van der Waals surface area contributed by atoms with Crippen molar-refractivity contribution in [3.05, 3.63) is 23.8 Å². The molecule has 1 aromatic carbocycles. The van der Waals surface area contributed by atoms with Gasteiger partial charge in [0.25, 0.3) is 0 Å². The highest BCUT2D eigenvalue weighted by molar-refractivity contribution is 5.76. The molecule has 1 aromatic rings. The summed E-state index contributed by atoms with van der Waals surface area (Å²) in [7, 11) is 3.25. The predicted molar refractivity (Wildman–Crippen MR) is 88.4 cm³/mol. The van der Waals surface area contributed by atoms with Crippen LogP contribution in [0.1, 0.15) is 38.2 Å². The molecule has 0 aliphatic rings. The van der Waals surface area contributed by atoms with Crippen molar-refractivity contribution in [1.82, 2.24) is 5.32 Å². The van der Waals surface area contributed by atoms with Gasteiger partial charge >= 0.3 is 0 Å². The van der Waals surface area contributed by atoms with Crippen LogP contribution in [0, 0.1) is 0 Å². The number of hydrogen-bond acceptors (Lipinski definition) is 4. The quantitative estimate of drug-likeness (QED) is 0.695. The van der Waals surface area contributed by atoms with Gasteiger partial charge in [-0.2, -0.15) is 0 Å². The first-order valence-electron chi connectivity index (χ1n) is 7.84. The fourth-order valence-electron chi connectivity index (χ4n) is 2.32. The first-order valence-corrected chi connectivity index (χ1v) is 7.84. The average molecular weight is 308 g/mol. The number of benzene rings is 1. The van der Waals surface area contributed by atoms with Crippen molar-refractivity contribution >= 4 is 5.91 Å². The highest BCUT2D eigenvalue weighted by Gasteiger charge is 2.12. The summed E-state index contributed by atoms with van der Waals surface area (Å²) in [6.45, 7) is 2.61. The summed E-state index contributed by atoms with van der Waals surface area (Å²) in [4.78, 5) is 12.1. The average Bonchev–Trinajstić information content (AvgIpc) is 2.56. The zero-order valence-electron chi connectivity index (χ0n) is 13.9. The Morgan fingerprint density at radius 1 is 1.32 bits per heavy atom. The molecule has 0 heterocycles. The maximum absolute atomic E-state index is 12.1. The van der Waals surface area contributed by atoms with Gasteiger partial charge in [0.05, 0.1) is 14.2 Å². The van der Waals surface area contributed by atoms with Gasteiger partial charge in [-0.1, -0.05) is 19.8 Å². The van der Waals surface area contributed by atoms with E-state index in [1.165, 1.54) is 0 Å². The molecule has 0 aromatic heterocycles. The van der Waals surface area contributed by atoms with Gasteiger partial charge in [-0.05, 0) is 36.6 Å². The van der Waals surface area contributed by atoms with Gasteiger partial charge in [-0.3, -0.25) is 4.79 Å². The molecule has 5 nitrogen and oxygen atoms in total. The number of hydrogen-bond donors (Lipinski definition) is 2. The van der Waals surface area contributed by atoms with Crippen LogP contribution in [0.2, 0.25) is 0 Å². The Kier molecular flexibility index (Phi) is 8.36. The maximum atomic E-state index is 12.1. The number of carbonyl (C=O) groups excluding carboxylic acids is 1. The van der Waals surface area contributed by atoms with Crippen molar-refractivity contribution in [1.29, 1.82) is 0 Å². The second-order valence-electron chi connectivity index (χ2n) is 5.32. The highest BCUT2D eigenvalue weighted by atomic mass is 16.5. The molecule has 0 spiro atoms. The standard InChI is InChI=1S/C17H28N2O3/c1-4-5-6-14(12-18)19-17(20)10-7-13-11-15(21-2)8-9-16(13)22-3/h8-9,11,14H,4-7,10,12,18H2,1-3H3,(H,19,20). The molecule has 1 amide bonds. The van der Waals surface area contributed by atoms with E-state index < -0.39 is 0 Å². The van der Waals surface area contributed by atoms with Crippen LogP contribution in [0.3, 0.4) is 0 Å². The summed E-state index contributed by atoms with van der Waals surface area (Å²) in [6, 6.07) is 5.68. The number of amides is 1. The van der Waals surface area contributed by atoms with Crippen LogP contribution in [0.15, 0.2) is 18.2 Å². The van der Waals surface area contributed by atoms with Crippen LogP contribution in [0.4, 0.5) is 0 Å². The van der Waals surface area contributed by atoms with Crippen molar-refractivity contribution in [3.8, 4) is 11.5 Å². The number of unbranched alkanes of at least 4 members (excludes halogenated alkanes) is 1. The van der Waals surface area contributed by atoms with E-state index in [9.17, 15) is 4.79 Å². The van der Waals surface area contributed by atoms with Gasteiger partial charge in [0.15, 0.2) is 0 Å². The Balaban J connectivity index is 2.55. The molecule has 0 radical (unpaired) electrons. The fourth-order valence-corrected chi connectivity index (χ4v) is 2.32. The number of carbonyl (C=O) groups is 1. The van der Waals surface area contributed by atoms with Crippen LogP contribution in [-0.4, -0.2) is 32.7 Å². The first-order chi connectivity index (χ1) is 10.6. The molecule has 3 N–H and O–H groups in total. The van der Waals surface area contributed by atoms with E-state index in [0.29, 0.717) is 19.4 Å². The lowest BCUT2D eigenvalue weighted by molar-refractivity contribution is -0.121. The van der Waals surface area contributed by atoms with Crippen molar-refractivity contribution in [2.45, 2.75) is 45.1 Å². The van der Waals surface area contributed by atoms with E-state index >= 15 is 0 Å². The normalized spacial score (nSPS) is 11.8. The molecule has 22 heavy (non-hydrogen) atoms. The van der Waals surface area contributed by atoms with Gasteiger partial charge in [-0.25, -0.2) is 0 Å². The molecule has 124 valence electrons. The third-order valence-electron chi connectivity index (χ3n) is 3.66. The van der Waals surface area contributed by atoms with Crippen LogP contribution >= 0.6 is 0 Å². The van der Waals surface area contributed by atoms with Crippen molar-refractivity contribution in [2.75, 3.05) is 20.8 Å². The van der Waals surface area contributed by atoms with Gasteiger partial charge in [0.2, 0.25) is 5.91 Å². The summed E-state index contributed by atoms with van der Waals surface area (Å²) in [5, 5.41) is 3.00. The number of rotatable bonds is 10. The van der Waals surface area contributed by atoms with Crippen LogP contribution in [-0.2, 0) is 11.2 Å². The van der Waals surface area contributed by atoms with Crippen LogP contribution in [0.5, 0.6) is 11.5 Å². The Morgan fingerprint density at radius 3 is 2.68 bits per heavy atom. The Hall–Kier alpha value is -1.75. The topological polar surface area (TPSA) is 73.6 Å². The number of nitrogens with one attached hydrogen (secondary N) is 1. The first kappa shape index (κ1) is 18.3. The minimum Gasteiger partial charge on any atom is -0.497 e. The lowest BCUT2D eigenvalue weighted by Gasteiger charge is -2.17.